The molecule has 4 rings (SSSR count). The topological polar surface area (TPSA) is 47.6 Å². The molecule has 0 saturated carbocycles. The second kappa shape index (κ2) is 8.72. The van der Waals surface area contributed by atoms with Crippen LogP contribution in [0.1, 0.15) is 44.1 Å². The highest BCUT2D eigenvalue weighted by atomic mass is 16.2. The Hall–Kier alpha value is -1.43. The van der Waals surface area contributed by atoms with Crippen molar-refractivity contribution >= 4 is 5.91 Å². The molecular formula is C22H34N4O. The molecule has 0 bridgehead atoms. The maximum Gasteiger partial charge on any atom is 0.226 e. The Balaban J connectivity index is 1.30. The van der Waals surface area contributed by atoms with Gasteiger partial charge < -0.3 is 9.80 Å². The van der Waals surface area contributed by atoms with Crippen LogP contribution in [-0.4, -0.2) is 61.0 Å². The summed E-state index contributed by atoms with van der Waals surface area (Å²) in [6.07, 6.45) is 4.78. The van der Waals surface area contributed by atoms with Crippen LogP contribution in [0.3, 0.4) is 0 Å². The van der Waals surface area contributed by atoms with E-state index in [-0.39, 0.29) is 5.92 Å². The van der Waals surface area contributed by atoms with Crippen molar-refractivity contribution in [3.63, 3.8) is 0 Å². The molecule has 3 fully saturated rings. The first kappa shape index (κ1) is 18.9. The number of hydrogen-bond acceptors (Lipinski definition) is 4. The highest BCUT2D eigenvalue weighted by Gasteiger charge is 2.37. The zero-order valence-corrected chi connectivity index (χ0v) is 16.6. The largest absolute Gasteiger partial charge is 0.342 e. The van der Waals surface area contributed by atoms with Gasteiger partial charge in [-0.1, -0.05) is 37.3 Å². The molecule has 2 N–H and O–H groups in total. The molecular weight excluding hydrogens is 336 g/mol. The summed E-state index contributed by atoms with van der Waals surface area (Å²) >= 11 is 0. The fourth-order valence-corrected chi connectivity index (χ4v) is 5.21. The molecule has 148 valence electrons. The average Bonchev–Trinajstić information content (AvgIpc) is 3.40. The fourth-order valence-electron chi connectivity index (χ4n) is 5.21. The predicted molar refractivity (Wildman–Crippen MR) is 108 cm³/mol. The molecule has 1 amide bonds. The summed E-state index contributed by atoms with van der Waals surface area (Å²) in [6, 6.07) is 11.3. The van der Waals surface area contributed by atoms with Crippen LogP contribution < -0.4 is 10.9 Å². The zero-order chi connectivity index (χ0) is 18.6. The molecule has 0 aliphatic carbocycles. The SMILES string of the molecule is CC(CN1CCCC1)C(=O)N1CCC(C2NNCC2c2ccccc2)CC1. The lowest BCUT2D eigenvalue weighted by molar-refractivity contribution is -0.137. The van der Waals surface area contributed by atoms with Crippen molar-refractivity contribution in [2.45, 2.75) is 44.6 Å². The molecule has 0 radical (unpaired) electrons. The number of carbonyl (C=O) groups excluding carboxylic acids is 1. The summed E-state index contributed by atoms with van der Waals surface area (Å²) in [5.41, 5.74) is 8.32. The summed E-state index contributed by atoms with van der Waals surface area (Å²) in [6.45, 7) is 8.19. The highest BCUT2D eigenvalue weighted by Crippen LogP contribution is 2.32. The molecule has 3 atom stereocenters. The molecule has 1 aromatic rings. The van der Waals surface area contributed by atoms with Gasteiger partial charge in [0.25, 0.3) is 0 Å². The monoisotopic (exact) mass is 370 g/mol. The fraction of sp³-hybridized carbons (Fsp3) is 0.682. The van der Waals surface area contributed by atoms with E-state index in [2.05, 4.69) is 57.9 Å². The Morgan fingerprint density at radius 3 is 2.52 bits per heavy atom. The number of benzene rings is 1. The van der Waals surface area contributed by atoms with E-state index < -0.39 is 0 Å². The van der Waals surface area contributed by atoms with Crippen LogP contribution >= 0.6 is 0 Å². The third-order valence-electron chi connectivity index (χ3n) is 6.76. The number of nitrogens with one attached hydrogen (secondary N) is 2. The van der Waals surface area contributed by atoms with Gasteiger partial charge in [-0.2, -0.15) is 0 Å². The van der Waals surface area contributed by atoms with E-state index in [1.165, 1.54) is 31.5 Å². The number of likely N-dealkylation sites (tertiary alicyclic amines) is 2. The van der Waals surface area contributed by atoms with Gasteiger partial charge in [0.15, 0.2) is 0 Å². The molecule has 0 spiro atoms. The average molecular weight is 371 g/mol. The first-order valence-corrected chi connectivity index (χ1v) is 10.8. The summed E-state index contributed by atoms with van der Waals surface area (Å²) in [7, 11) is 0. The van der Waals surface area contributed by atoms with E-state index in [1.807, 2.05) is 0 Å². The van der Waals surface area contributed by atoms with Crippen LogP contribution in [0.4, 0.5) is 0 Å². The second-order valence-electron chi connectivity index (χ2n) is 8.64. The lowest BCUT2D eigenvalue weighted by Crippen LogP contribution is -2.48. The van der Waals surface area contributed by atoms with Crippen LogP contribution in [0.2, 0.25) is 0 Å². The third kappa shape index (κ3) is 4.36. The number of hydrogen-bond donors (Lipinski definition) is 2. The predicted octanol–water partition coefficient (Wildman–Crippen LogP) is 2.22. The Bertz CT molecular complexity index is 608. The first-order valence-electron chi connectivity index (χ1n) is 10.8. The van der Waals surface area contributed by atoms with Gasteiger partial charge in [0.1, 0.15) is 0 Å². The van der Waals surface area contributed by atoms with E-state index in [0.29, 0.717) is 23.8 Å². The van der Waals surface area contributed by atoms with E-state index in [1.54, 1.807) is 0 Å². The maximum atomic E-state index is 12.9. The standard InChI is InChI=1S/C22H34N4O/c1-17(16-25-11-5-6-12-25)22(27)26-13-9-19(10-14-26)21-20(15-23-24-21)18-7-3-2-4-8-18/h2-4,7-8,17,19-21,23-24H,5-6,9-16H2,1H3. The van der Waals surface area contributed by atoms with Crippen molar-refractivity contribution in [3.05, 3.63) is 35.9 Å². The number of piperidine rings is 1. The van der Waals surface area contributed by atoms with Gasteiger partial charge in [0, 0.05) is 44.1 Å². The van der Waals surface area contributed by atoms with Crippen molar-refractivity contribution in [3.8, 4) is 0 Å². The lowest BCUT2D eigenvalue weighted by atomic mass is 9.80. The summed E-state index contributed by atoms with van der Waals surface area (Å²) < 4.78 is 0. The number of rotatable bonds is 5. The van der Waals surface area contributed by atoms with Crippen LogP contribution in [0.15, 0.2) is 30.3 Å². The Labute approximate surface area is 163 Å². The summed E-state index contributed by atoms with van der Waals surface area (Å²) in [5, 5.41) is 0. The molecule has 3 aliphatic rings. The second-order valence-corrected chi connectivity index (χ2v) is 8.64. The van der Waals surface area contributed by atoms with Crippen LogP contribution in [0.5, 0.6) is 0 Å². The minimum absolute atomic E-state index is 0.128. The molecule has 3 aliphatic heterocycles. The minimum Gasteiger partial charge on any atom is -0.342 e. The third-order valence-corrected chi connectivity index (χ3v) is 6.76. The zero-order valence-electron chi connectivity index (χ0n) is 16.6. The Morgan fingerprint density at radius 1 is 1.11 bits per heavy atom. The van der Waals surface area contributed by atoms with Gasteiger partial charge in [-0.15, -0.1) is 0 Å². The van der Waals surface area contributed by atoms with Gasteiger partial charge in [-0.25, -0.2) is 0 Å². The van der Waals surface area contributed by atoms with E-state index >= 15 is 0 Å². The van der Waals surface area contributed by atoms with Crippen LogP contribution in [0.25, 0.3) is 0 Å². The Kier molecular flexibility index (Phi) is 6.11. The van der Waals surface area contributed by atoms with E-state index in [9.17, 15) is 4.79 Å². The lowest BCUT2D eigenvalue weighted by Gasteiger charge is -2.38. The number of nitrogens with zero attached hydrogens (tertiary/aromatic N) is 2. The van der Waals surface area contributed by atoms with Gasteiger partial charge in [-0.05, 0) is 50.3 Å². The van der Waals surface area contributed by atoms with Crippen molar-refractivity contribution < 1.29 is 4.79 Å². The summed E-state index contributed by atoms with van der Waals surface area (Å²) in [5.74, 6) is 1.64. The van der Waals surface area contributed by atoms with Crippen LogP contribution in [-0.2, 0) is 4.79 Å². The first-order chi connectivity index (χ1) is 13.2. The van der Waals surface area contributed by atoms with E-state index in [4.69, 9.17) is 0 Å². The molecule has 1 aromatic carbocycles. The minimum atomic E-state index is 0.128. The highest BCUT2D eigenvalue weighted by molar-refractivity contribution is 5.78. The molecule has 3 unspecified atom stereocenters. The molecule has 5 nitrogen and oxygen atoms in total. The molecule has 3 heterocycles. The van der Waals surface area contributed by atoms with E-state index in [0.717, 1.165) is 39.0 Å². The maximum absolute atomic E-state index is 12.9. The number of amides is 1. The number of carbonyl (C=O) groups is 1. The van der Waals surface area contributed by atoms with Gasteiger partial charge >= 0.3 is 0 Å². The molecule has 3 saturated heterocycles. The smallest absolute Gasteiger partial charge is 0.226 e. The van der Waals surface area contributed by atoms with Crippen molar-refractivity contribution in [2.75, 3.05) is 39.3 Å². The van der Waals surface area contributed by atoms with Gasteiger partial charge in [0.2, 0.25) is 5.91 Å². The molecule has 0 aromatic heterocycles. The quantitative estimate of drug-likeness (QED) is 0.834. The van der Waals surface area contributed by atoms with Gasteiger partial charge in [0.05, 0.1) is 0 Å². The summed E-state index contributed by atoms with van der Waals surface area (Å²) in [4.78, 5) is 17.4. The number of hydrazine groups is 1. The Morgan fingerprint density at radius 2 is 1.81 bits per heavy atom. The van der Waals surface area contributed by atoms with Gasteiger partial charge in [-0.3, -0.25) is 15.6 Å². The van der Waals surface area contributed by atoms with Crippen molar-refractivity contribution in [2.24, 2.45) is 11.8 Å². The van der Waals surface area contributed by atoms with Crippen molar-refractivity contribution in [1.29, 1.82) is 0 Å². The normalized spacial score (nSPS) is 28.6. The van der Waals surface area contributed by atoms with Crippen molar-refractivity contribution in [1.82, 2.24) is 20.7 Å². The van der Waals surface area contributed by atoms with Crippen LogP contribution in [0, 0.1) is 11.8 Å². The molecule has 5 heteroatoms. The molecule has 27 heavy (non-hydrogen) atoms.